The van der Waals surface area contributed by atoms with Crippen LogP contribution in [0.4, 0.5) is 11.5 Å². The topological polar surface area (TPSA) is 83.5 Å². The smallest absolute Gasteiger partial charge is 0.126 e. The van der Waals surface area contributed by atoms with Crippen LogP contribution in [0.2, 0.25) is 0 Å². The zero-order valence-corrected chi connectivity index (χ0v) is 13.6. The molecule has 0 radical (unpaired) electrons. The first-order valence-electron chi connectivity index (χ1n) is 8.55. The Morgan fingerprint density at radius 3 is 2.83 bits per heavy atom. The first-order valence-corrected chi connectivity index (χ1v) is 8.55. The second kappa shape index (κ2) is 6.24. The van der Waals surface area contributed by atoms with Crippen LogP contribution in [-0.4, -0.2) is 35.0 Å². The fraction of sp³-hybridized carbons (Fsp3) is 0.368. The zero-order valence-electron chi connectivity index (χ0n) is 13.6. The van der Waals surface area contributed by atoms with Gasteiger partial charge in [0.05, 0.1) is 24.2 Å². The number of hydrogen-bond donors (Lipinski definition) is 3. The van der Waals surface area contributed by atoms with E-state index in [1.807, 2.05) is 18.4 Å². The summed E-state index contributed by atoms with van der Waals surface area (Å²) < 4.78 is 0. The van der Waals surface area contributed by atoms with Crippen molar-refractivity contribution in [2.75, 3.05) is 17.6 Å². The van der Waals surface area contributed by atoms with Gasteiger partial charge in [0, 0.05) is 23.4 Å². The minimum Gasteiger partial charge on any atom is -0.391 e. The number of rotatable bonds is 3. The maximum Gasteiger partial charge on any atom is 0.126 e. The van der Waals surface area contributed by atoms with Crippen LogP contribution in [0.5, 0.6) is 0 Å². The van der Waals surface area contributed by atoms with E-state index in [-0.39, 0.29) is 12.1 Å². The fourth-order valence-corrected chi connectivity index (χ4v) is 3.58. The number of aliphatic hydroxyl groups excluding tert-OH is 1. The summed E-state index contributed by atoms with van der Waals surface area (Å²) in [6.07, 6.45) is 7.64. The molecule has 1 aliphatic carbocycles. The summed E-state index contributed by atoms with van der Waals surface area (Å²) in [5, 5.41) is 14.8. The number of nitrogens with zero attached hydrogens (tertiary/aromatic N) is 2. The summed E-state index contributed by atoms with van der Waals surface area (Å²) in [7, 11) is 0. The Morgan fingerprint density at radius 1 is 1.17 bits per heavy atom. The lowest BCUT2D eigenvalue weighted by atomic mass is 9.92. The monoisotopic (exact) mass is 322 g/mol. The minimum absolute atomic E-state index is 0.0781. The number of anilines is 2. The van der Waals surface area contributed by atoms with Crippen LogP contribution in [0.25, 0.3) is 16.5 Å². The van der Waals surface area contributed by atoms with Gasteiger partial charge >= 0.3 is 0 Å². The minimum atomic E-state index is -0.303. The molecule has 2 aliphatic rings. The molecule has 2 aromatic rings. The molecule has 2 heterocycles. The van der Waals surface area contributed by atoms with Gasteiger partial charge < -0.3 is 16.2 Å². The van der Waals surface area contributed by atoms with E-state index in [1.165, 1.54) is 5.57 Å². The molecule has 4 N–H and O–H groups in total. The Labute approximate surface area is 141 Å². The van der Waals surface area contributed by atoms with Crippen molar-refractivity contribution in [1.82, 2.24) is 4.98 Å². The van der Waals surface area contributed by atoms with Gasteiger partial charge in [-0.05, 0) is 36.1 Å². The maximum atomic E-state index is 10.2. The van der Waals surface area contributed by atoms with E-state index in [0.717, 1.165) is 47.8 Å². The predicted octanol–water partition coefficient (Wildman–Crippen LogP) is 3.00. The number of benzene rings is 1. The fourth-order valence-electron chi connectivity index (χ4n) is 3.58. The Hall–Kier alpha value is -2.40. The van der Waals surface area contributed by atoms with Crippen molar-refractivity contribution in [3.8, 4) is 0 Å². The lowest BCUT2D eigenvalue weighted by Crippen LogP contribution is -2.36. The second-order valence-electron chi connectivity index (χ2n) is 6.61. The SMILES string of the molecule is Nc1cc(N[C@@H]2CCCC[C@@H]2O)c2ccc(C3=CC=NC3)cc2n1. The highest BCUT2D eigenvalue weighted by Gasteiger charge is 2.23. The van der Waals surface area contributed by atoms with Gasteiger partial charge in [-0.2, -0.15) is 0 Å². The van der Waals surface area contributed by atoms with Crippen molar-refractivity contribution in [2.24, 2.45) is 4.99 Å². The third kappa shape index (κ3) is 2.87. The number of hydrogen-bond acceptors (Lipinski definition) is 5. The number of nitrogens with one attached hydrogen (secondary N) is 1. The highest BCUT2D eigenvalue weighted by Crippen LogP contribution is 2.30. The summed E-state index contributed by atoms with van der Waals surface area (Å²) in [4.78, 5) is 8.73. The number of nitrogens with two attached hydrogens (primary N) is 1. The molecule has 1 fully saturated rings. The van der Waals surface area contributed by atoms with Gasteiger partial charge in [0.25, 0.3) is 0 Å². The Morgan fingerprint density at radius 2 is 2.04 bits per heavy atom. The molecule has 5 nitrogen and oxygen atoms in total. The molecule has 1 aliphatic heterocycles. The maximum absolute atomic E-state index is 10.2. The number of aliphatic imine (C=N–C) groups is 1. The summed E-state index contributed by atoms with van der Waals surface area (Å²) in [6, 6.07) is 8.18. The Bertz CT molecular complexity index is 827. The van der Waals surface area contributed by atoms with Gasteiger partial charge in [0.15, 0.2) is 0 Å². The summed E-state index contributed by atoms with van der Waals surface area (Å²) in [5.74, 6) is 0.490. The van der Waals surface area contributed by atoms with E-state index in [1.54, 1.807) is 0 Å². The van der Waals surface area contributed by atoms with Gasteiger partial charge in [0.1, 0.15) is 5.82 Å². The molecule has 1 aromatic carbocycles. The van der Waals surface area contributed by atoms with Crippen molar-refractivity contribution in [2.45, 2.75) is 37.8 Å². The first kappa shape index (κ1) is 15.1. The second-order valence-corrected chi connectivity index (χ2v) is 6.61. The van der Waals surface area contributed by atoms with Crippen molar-refractivity contribution >= 4 is 34.2 Å². The normalized spacial score (nSPS) is 23.5. The molecule has 0 bridgehead atoms. The lowest BCUT2D eigenvalue weighted by Gasteiger charge is -2.29. The molecule has 0 unspecified atom stereocenters. The molecule has 1 aromatic heterocycles. The molecular formula is C19H22N4O. The Balaban J connectivity index is 1.70. The molecule has 24 heavy (non-hydrogen) atoms. The third-order valence-electron chi connectivity index (χ3n) is 4.91. The standard InChI is InChI=1S/C19H22N4O/c20-19-10-17(22-15-3-1-2-4-18(15)24)14-6-5-12(9-16(14)23-19)13-7-8-21-11-13/h5-10,15,18,24H,1-4,11H2,(H3,20,22,23)/t15-,18+/m1/s1. The van der Waals surface area contributed by atoms with E-state index in [0.29, 0.717) is 12.4 Å². The summed E-state index contributed by atoms with van der Waals surface area (Å²) >= 11 is 0. The predicted molar refractivity (Wildman–Crippen MR) is 99.4 cm³/mol. The third-order valence-corrected chi connectivity index (χ3v) is 4.91. The van der Waals surface area contributed by atoms with Crippen LogP contribution in [0.1, 0.15) is 31.2 Å². The molecule has 124 valence electrons. The highest BCUT2D eigenvalue weighted by atomic mass is 16.3. The van der Waals surface area contributed by atoms with Crippen LogP contribution >= 0.6 is 0 Å². The van der Waals surface area contributed by atoms with Crippen LogP contribution in [0.3, 0.4) is 0 Å². The van der Waals surface area contributed by atoms with E-state index in [2.05, 4.69) is 33.5 Å². The van der Waals surface area contributed by atoms with E-state index in [9.17, 15) is 5.11 Å². The molecule has 0 spiro atoms. The molecular weight excluding hydrogens is 300 g/mol. The summed E-state index contributed by atoms with van der Waals surface area (Å²) in [5.41, 5.74) is 10.2. The van der Waals surface area contributed by atoms with Gasteiger partial charge in [-0.25, -0.2) is 4.98 Å². The highest BCUT2D eigenvalue weighted by molar-refractivity contribution is 5.97. The number of allylic oxidation sites excluding steroid dienone is 1. The van der Waals surface area contributed by atoms with Crippen LogP contribution in [0, 0.1) is 0 Å². The van der Waals surface area contributed by atoms with Crippen LogP contribution < -0.4 is 11.1 Å². The van der Waals surface area contributed by atoms with Gasteiger partial charge in [0.2, 0.25) is 0 Å². The van der Waals surface area contributed by atoms with Crippen molar-refractivity contribution in [1.29, 1.82) is 0 Å². The van der Waals surface area contributed by atoms with Crippen molar-refractivity contribution in [3.63, 3.8) is 0 Å². The van der Waals surface area contributed by atoms with Crippen LogP contribution in [0.15, 0.2) is 35.3 Å². The molecule has 4 rings (SSSR count). The average molecular weight is 322 g/mol. The van der Waals surface area contributed by atoms with Gasteiger partial charge in [-0.15, -0.1) is 0 Å². The number of pyridine rings is 1. The molecule has 2 atom stereocenters. The number of aliphatic hydroxyl groups is 1. The molecule has 0 amide bonds. The molecule has 5 heteroatoms. The number of aromatic nitrogens is 1. The van der Waals surface area contributed by atoms with E-state index < -0.39 is 0 Å². The quantitative estimate of drug-likeness (QED) is 0.811. The van der Waals surface area contributed by atoms with Crippen molar-refractivity contribution in [3.05, 3.63) is 35.9 Å². The van der Waals surface area contributed by atoms with Gasteiger partial charge in [-0.1, -0.05) is 25.0 Å². The lowest BCUT2D eigenvalue weighted by molar-refractivity contribution is 0.116. The van der Waals surface area contributed by atoms with Crippen molar-refractivity contribution < 1.29 is 5.11 Å². The van der Waals surface area contributed by atoms with E-state index >= 15 is 0 Å². The largest absolute Gasteiger partial charge is 0.391 e. The van der Waals surface area contributed by atoms with Gasteiger partial charge in [-0.3, -0.25) is 4.99 Å². The summed E-state index contributed by atoms with van der Waals surface area (Å²) in [6.45, 7) is 0.715. The molecule has 1 saturated carbocycles. The van der Waals surface area contributed by atoms with E-state index in [4.69, 9.17) is 5.73 Å². The Kier molecular flexibility index (Phi) is 3.94. The number of fused-ring (bicyclic) bond motifs is 1. The average Bonchev–Trinajstić information content (AvgIpc) is 3.11. The first-order chi connectivity index (χ1) is 11.7. The molecule has 0 saturated heterocycles. The zero-order chi connectivity index (χ0) is 16.5. The van der Waals surface area contributed by atoms with Crippen LogP contribution in [-0.2, 0) is 0 Å². The number of nitrogen functional groups attached to an aromatic ring is 1.